The largest absolute Gasteiger partial charge is 0.461 e. The van der Waals surface area contributed by atoms with Gasteiger partial charge in [0, 0.05) is 18.6 Å². The lowest BCUT2D eigenvalue weighted by molar-refractivity contribution is 0.0495. The molecule has 2 aromatic heterocycles. The van der Waals surface area contributed by atoms with Gasteiger partial charge in [-0.15, -0.1) is 0 Å². The van der Waals surface area contributed by atoms with Crippen LogP contribution in [0, 0.1) is 0 Å². The molecule has 0 spiro atoms. The first-order valence-corrected chi connectivity index (χ1v) is 5.41. The van der Waals surface area contributed by atoms with Gasteiger partial charge < -0.3 is 9.14 Å². The Morgan fingerprint density at radius 3 is 3.19 bits per heavy atom. The van der Waals surface area contributed by atoms with Crippen LogP contribution in [0.5, 0.6) is 0 Å². The third-order valence-electron chi connectivity index (χ3n) is 2.38. The highest BCUT2D eigenvalue weighted by molar-refractivity contribution is 5.94. The molecular formula is C12H14N2O2. The van der Waals surface area contributed by atoms with Gasteiger partial charge in [-0.1, -0.05) is 13.3 Å². The van der Waals surface area contributed by atoms with Gasteiger partial charge in [-0.25, -0.2) is 9.78 Å². The maximum absolute atomic E-state index is 11.7. The molecule has 0 aliphatic carbocycles. The summed E-state index contributed by atoms with van der Waals surface area (Å²) in [7, 11) is 0. The molecule has 4 nitrogen and oxygen atoms in total. The number of rotatable bonds is 4. The molecule has 0 saturated carbocycles. The number of carbonyl (C=O) groups is 1. The summed E-state index contributed by atoms with van der Waals surface area (Å²) in [5.74, 6) is -0.349. The van der Waals surface area contributed by atoms with Crippen LogP contribution in [0.3, 0.4) is 0 Å². The number of nitrogens with zero attached hydrogens (tertiary/aromatic N) is 2. The van der Waals surface area contributed by atoms with Gasteiger partial charge in [0.25, 0.3) is 0 Å². The summed E-state index contributed by atoms with van der Waals surface area (Å²) < 4.78 is 6.98. The van der Waals surface area contributed by atoms with E-state index in [1.54, 1.807) is 12.4 Å². The molecule has 84 valence electrons. The molecule has 0 amide bonds. The molecule has 2 heterocycles. The molecule has 2 rings (SSSR count). The number of unbranched alkanes of at least 4 members (excludes halogenated alkanes) is 1. The van der Waals surface area contributed by atoms with E-state index in [1.165, 1.54) is 0 Å². The smallest absolute Gasteiger partial charge is 0.359 e. The molecule has 0 radical (unpaired) electrons. The SMILES string of the molecule is CCCCOC(=O)c1nccn2cccc12. The van der Waals surface area contributed by atoms with Crippen molar-refractivity contribution in [2.75, 3.05) is 6.61 Å². The van der Waals surface area contributed by atoms with E-state index in [0.717, 1.165) is 18.4 Å². The summed E-state index contributed by atoms with van der Waals surface area (Å²) in [6, 6.07) is 3.73. The van der Waals surface area contributed by atoms with Gasteiger partial charge >= 0.3 is 5.97 Å². The normalized spacial score (nSPS) is 10.6. The molecule has 0 fully saturated rings. The van der Waals surface area contributed by atoms with E-state index < -0.39 is 0 Å². The van der Waals surface area contributed by atoms with E-state index in [1.807, 2.05) is 22.7 Å². The molecule has 0 unspecified atom stereocenters. The molecule has 0 aliphatic rings. The van der Waals surface area contributed by atoms with Crippen LogP contribution in [-0.4, -0.2) is 22.0 Å². The van der Waals surface area contributed by atoms with Crippen LogP contribution in [0.25, 0.3) is 5.52 Å². The first-order valence-electron chi connectivity index (χ1n) is 5.41. The van der Waals surface area contributed by atoms with Crippen molar-refractivity contribution in [1.82, 2.24) is 9.38 Å². The van der Waals surface area contributed by atoms with Gasteiger partial charge in [-0.05, 0) is 18.6 Å². The molecular weight excluding hydrogens is 204 g/mol. The number of hydrogen-bond donors (Lipinski definition) is 0. The second-order valence-electron chi connectivity index (χ2n) is 3.57. The fourth-order valence-electron chi connectivity index (χ4n) is 1.51. The summed E-state index contributed by atoms with van der Waals surface area (Å²) in [5, 5.41) is 0. The van der Waals surface area contributed by atoms with Crippen LogP contribution < -0.4 is 0 Å². The Morgan fingerprint density at radius 1 is 1.50 bits per heavy atom. The predicted molar refractivity (Wildman–Crippen MR) is 60.4 cm³/mol. The third kappa shape index (κ3) is 2.05. The number of ether oxygens (including phenoxy) is 1. The fourth-order valence-corrected chi connectivity index (χ4v) is 1.51. The zero-order chi connectivity index (χ0) is 11.4. The average Bonchev–Trinajstić information content (AvgIpc) is 2.76. The van der Waals surface area contributed by atoms with Gasteiger partial charge in [-0.3, -0.25) is 0 Å². The van der Waals surface area contributed by atoms with E-state index in [4.69, 9.17) is 4.74 Å². The number of esters is 1. The van der Waals surface area contributed by atoms with Crippen LogP contribution >= 0.6 is 0 Å². The minimum absolute atomic E-state index is 0.349. The molecule has 2 aromatic rings. The van der Waals surface area contributed by atoms with Crippen LogP contribution in [0.15, 0.2) is 30.7 Å². The first kappa shape index (κ1) is 10.7. The molecule has 0 bridgehead atoms. The maximum Gasteiger partial charge on any atom is 0.359 e. The van der Waals surface area contributed by atoms with Gasteiger partial charge in [0.2, 0.25) is 0 Å². The highest BCUT2D eigenvalue weighted by Crippen LogP contribution is 2.10. The van der Waals surface area contributed by atoms with Crippen LogP contribution in [-0.2, 0) is 4.74 Å². The Morgan fingerprint density at radius 2 is 2.38 bits per heavy atom. The van der Waals surface area contributed by atoms with Crippen molar-refractivity contribution in [2.45, 2.75) is 19.8 Å². The van der Waals surface area contributed by atoms with Crippen molar-refractivity contribution in [3.05, 3.63) is 36.4 Å². The summed E-state index contributed by atoms with van der Waals surface area (Å²) >= 11 is 0. The Labute approximate surface area is 93.9 Å². The fraction of sp³-hybridized carbons (Fsp3) is 0.333. The van der Waals surface area contributed by atoms with Crippen molar-refractivity contribution in [3.8, 4) is 0 Å². The van der Waals surface area contributed by atoms with Crippen molar-refractivity contribution in [2.24, 2.45) is 0 Å². The molecule has 16 heavy (non-hydrogen) atoms. The van der Waals surface area contributed by atoms with Gasteiger partial charge in [-0.2, -0.15) is 0 Å². The lowest BCUT2D eigenvalue weighted by atomic mass is 10.3. The summed E-state index contributed by atoms with van der Waals surface area (Å²) in [4.78, 5) is 15.8. The maximum atomic E-state index is 11.7. The van der Waals surface area contributed by atoms with E-state index in [0.29, 0.717) is 12.3 Å². The second kappa shape index (κ2) is 4.79. The van der Waals surface area contributed by atoms with Crippen molar-refractivity contribution >= 4 is 11.5 Å². The van der Waals surface area contributed by atoms with E-state index in [9.17, 15) is 4.79 Å². The molecule has 0 aliphatic heterocycles. The van der Waals surface area contributed by atoms with Crippen molar-refractivity contribution < 1.29 is 9.53 Å². The van der Waals surface area contributed by atoms with Gasteiger partial charge in [0.1, 0.15) is 0 Å². The Kier molecular flexibility index (Phi) is 3.19. The Balaban J connectivity index is 2.19. The topological polar surface area (TPSA) is 43.6 Å². The number of hydrogen-bond acceptors (Lipinski definition) is 3. The molecule has 0 atom stereocenters. The average molecular weight is 218 g/mol. The molecule has 0 N–H and O–H groups in total. The third-order valence-corrected chi connectivity index (χ3v) is 2.38. The molecule has 0 saturated heterocycles. The molecule has 4 heteroatoms. The minimum atomic E-state index is -0.349. The molecule has 0 aromatic carbocycles. The van der Waals surface area contributed by atoms with Crippen LogP contribution in [0.2, 0.25) is 0 Å². The van der Waals surface area contributed by atoms with Crippen LogP contribution in [0.1, 0.15) is 30.3 Å². The van der Waals surface area contributed by atoms with Gasteiger partial charge in [0.15, 0.2) is 5.69 Å². The monoisotopic (exact) mass is 218 g/mol. The summed E-state index contributed by atoms with van der Waals surface area (Å²) in [6.45, 7) is 2.51. The summed E-state index contributed by atoms with van der Waals surface area (Å²) in [5.41, 5.74) is 1.16. The van der Waals surface area contributed by atoms with Crippen LogP contribution in [0.4, 0.5) is 0 Å². The second-order valence-corrected chi connectivity index (χ2v) is 3.57. The standard InChI is InChI=1S/C12H14N2O2/c1-2-3-9-16-12(15)11-10-5-4-7-14(10)8-6-13-11/h4-8H,2-3,9H2,1H3. The first-order chi connectivity index (χ1) is 7.83. The lowest BCUT2D eigenvalue weighted by Crippen LogP contribution is -2.09. The number of carbonyl (C=O) groups excluding carboxylic acids is 1. The highest BCUT2D eigenvalue weighted by Gasteiger charge is 2.12. The number of fused-ring (bicyclic) bond motifs is 1. The number of aromatic nitrogens is 2. The minimum Gasteiger partial charge on any atom is -0.461 e. The zero-order valence-electron chi connectivity index (χ0n) is 9.22. The Hall–Kier alpha value is -1.84. The zero-order valence-corrected chi connectivity index (χ0v) is 9.22. The van der Waals surface area contributed by atoms with E-state index >= 15 is 0 Å². The van der Waals surface area contributed by atoms with Crippen molar-refractivity contribution in [1.29, 1.82) is 0 Å². The predicted octanol–water partition coefficient (Wildman–Crippen LogP) is 2.29. The highest BCUT2D eigenvalue weighted by atomic mass is 16.5. The quantitative estimate of drug-likeness (QED) is 0.584. The van der Waals surface area contributed by atoms with E-state index in [2.05, 4.69) is 11.9 Å². The summed E-state index contributed by atoms with van der Waals surface area (Å²) in [6.07, 6.45) is 7.17. The van der Waals surface area contributed by atoms with Crippen molar-refractivity contribution in [3.63, 3.8) is 0 Å². The van der Waals surface area contributed by atoms with Gasteiger partial charge in [0.05, 0.1) is 12.1 Å². The van der Waals surface area contributed by atoms with E-state index in [-0.39, 0.29) is 5.97 Å². The lowest BCUT2D eigenvalue weighted by Gasteiger charge is -2.04. The Bertz CT molecular complexity index is 490.